The Morgan fingerprint density at radius 2 is 2.43 bits per heavy atom. The Morgan fingerprint density at radius 1 is 1.86 bits per heavy atom. The average Bonchev–Trinajstić information content (AvgIpc) is 1.68. The van der Waals surface area contributed by atoms with Crippen LogP contribution in [0.4, 0.5) is 0 Å². The number of carbonyl (C=O) groups excluding carboxylic acids is 1. The number of alkyl halides is 1. The van der Waals surface area contributed by atoms with Crippen molar-refractivity contribution >= 4 is 17.6 Å². The standard InChI is InChI=1S/C4H5ClO2/c1-2-3(5)4(6)7-2/h2-3H,1H3. The van der Waals surface area contributed by atoms with Gasteiger partial charge < -0.3 is 4.74 Å². The molecule has 0 aliphatic carbocycles. The van der Waals surface area contributed by atoms with Crippen LogP contribution in [0.1, 0.15) is 6.92 Å². The Kier molecular flexibility index (Phi) is 0.961. The number of halogens is 1. The van der Waals surface area contributed by atoms with Crippen molar-refractivity contribution in [3.8, 4) is 0 Å². The molecule has 0 aromatic heterocycles. The molecule has 40 valence electrons. The second kappa shape index (κ2) is 1.37. The summed E-state index contributed by atoms with van der Waals surface area (Å²) < 4.78 is 4.48. The molecular formula is C4H5ClO2. The molecule has 0 aromatic carbocycles. The Morgan fingerprint density at radius 3 is 2.43 bits per heavy atom. The first kappa shape index (κ1) is 4.91. The number of ether oxygens (including phenoxy) is 1. The Labute approximate surface area is 46.4 Å². The van der Waals surface area contributed by atoms with Crippen LogP contribution >= 0.6 is 11.6 Å². The lowest BCUT2D eigenvalue weighted by atomic mass is 10.2. The third kappa shape index (κ3) is 0.589. The molecule has 1 rings (SSSR count). The molecule has 0 saturated carbocycles. The van der Waals surface area contributed by atoms with Gasteiger partial charge in [-0.25, -0.2) is 0 Å². The molecule has 0 spiro atoms. The summed E-state index contributed by atoms with van der Waals surface area (Å²) in [6, 6.07) is 0. The van der Waals surface area contributed by atoms with E-state index < -0.39 is 0 Å². The highest BCUT2D eigenvalue weighted by molar-refractivity contribution is 6.32. The molecule has 0 bridgehead atoms. The van der Waals surface area contributed by atoms with Crippen LogP contribution in [-0.4, -0.2) is 17.5 Å². The van der Waals surface area contributed by atoms with Gasteiger partial charge in [0.2, 0.25) is 0 Å². The van der Waals surface area contributed by atoms with Crippen molar-refractivity contribution in [1.29, 1.82) is 0 Å². The maximum Gasteiger partial charge on any atom is 0.328 e. The normalized spacial score (nSPS) is 39.4. The lowest BCUT2D eigenvalue weighted by Gasteiger charge is -2.26. The van der Waals surface area contributed by atoms with Gasteiger partial charge in [0.25, 0.3) is 0 Å². The van der Waals surface area contributed by atoms with Crippen LogP contribution in [0.2, 0.25) is 0 Å². The van der Waals surface area contributed by atoms with Crippen molar-refractivity contribution in [3.05, 3.63) is 0 Å². The summed E-state index contributed by atoms with van der Waals surface area (Å²) in [4.78, 5) is 10.1. The van der Waals surface area contributed by atoms with E-state index in [1.54, 1.807) is 6.92 Å². The van der Waals surface area contributed by atoms with Crippen molar-refractivity contribution in [1.82, 2.24) is 0 Å². The van der Waals surface area contributed by atoms with E-state index in [9.17, 15) is 4.79 Å². The maximum atomic E-state index is 10.1. The third-order valence-electron chi connectivity index (χ3n) is 0.939. The smallest absolute Gasteiger partial charge is 0.328 e. The average molecular weight is 121 g/mol. The van der Waals surface area contributed by atoms with Crippen LogP contribution in [0.5, 0.6) is 0 Å². The second-order valence-corrected chi connectivity index (χ2v) is 2.01. The SMILES string of the molecule is CC1OC(=O)C1Cl. The lowest BCUT2D eigenvalue weighted by molar-refractivity contribution is -0.165. The topological polar surface area (TPSA) is 26.3 Å². The summed E-state index contributed by atoms with van der Waals surface area (Å²) in [5, 5.41) is -0.389. The van der Waals surface area contributed by atoms with Crippen LogP contribution in [0, 0.1) is 0 Å². The Balaban J connectivity index is 2.43. The highest BCUT2D eigenvalue weighted by Crippen LogP contribution is 2.18. The highest BCUT2D eigenvalue weighted by atomic mass is 35.5. The van der Waals surface area contributed by atoms with Crippen LogP contribution in [0.25, 0.3) is 0 Å². The van der Waals surface area contributed by atoms with Gasteiger partial charge in [-0.3, -0.25) is 4.79 Å². The fourth-order valence-electron chi connectivity index (χ4n) is 0.427. The quantitative estimate of drug-likeness (QED) is 0.345. The first-order valence-electron chi connectivity index (χ1n) is 2.06. The van der Waals surface area contributed by atoms with E-state index in [4.69, 9.17) is 11.6 Å². The number of carbonyl (C=O) groups is 1. The fraction of sp³-hybridized carbons (Fsp3) is 0.750. The van der Waals surface area contributed by atoms with Crippen molar-refractivity contribution in [2.75, 3.05) is 0 Å². The lowest BCUT2D eigenvalue weighted by Crippen LogP contribution is -2.44. The zero-order valence-corrected chi connectivity index (χ0v) is 4.61. The predicted octanol–water partition coefficient (Wildman–Crippen LogP) is 0.539. The van der Waals surface area contributed by atoms with E-state index in [0.29, 0.717) is 0 Å². The van der Waals surface area contributed by atoms with Gasteiger partial charge in [0.05, 0.1) is 0 Å². The van der Waals surface area contributed by atoms with E-state index in [0.717, 1.165) is 0 Å². The molecule has 1 aliphatic heterocycles. The van der Waals surface area contributed by atoms with Gasteiger partial charge in [-0.2, -0.15) is 0 Å². The summed E-state index contributed by atoms with van der Waals surface area (Å²) in [6.45, 7) is 1.76. The third-order valence-corrected chi connectivity index (χ3v) is 1.47. The van der Waals surface area contributed by atoms with Gasteiger partial charge in [0.1, 0.15) is 6.10 Å². The molecule has 1 saturated heterocycles. The van der Waals surface area contributed by atoms with Crippen molar-refractivity contribution < 1.29 is 9.53 Å². The van der Waals surface area contributed by atoms with E-state index in [-0.39, 0.29) is 17.5 Å². The summed E-state index contributed by atoms with van der Waals surface area (Å²) in [6.07, 6.45) is -0.0748. The van der Waals surface area contributed by atoms with Crippen molar-refractivity contribution in [2.24, 2.45) is 0 Å². The van der Waals surface area contributed by atoms with E-state index in [1.165, 1.54) is 0 Å². The molecule has 0 N–H and O–H groups in total. The maximum absolute atomic E-state index is 10.1. The molecule has 0 radical (unpaired) electrons. The molecule has 1 aliphatic rings. The molecule has 3 heteroatoms. The van der Waals surface area contributed by atoms with Gasteiger partial charge in [-0.15, -0.1) is 11.6 Å². The van der Waals surface area contributed by atoms with Crippen LogP contribution in [0.15, 0.2) is 0 Å². The molecule has 1 fully saturated rings. The van der Waals surface area contributed by atoms with Gasteiger partial charge in [-0.1, -0.05) is 0 Å². The highest BCUT2D eigenvalue weighted by Gasteiger charge is 2.36. The number of cyclic esters (lactones) is 1. The number of rotatable bonds is 0. The molecule has 2 nitrogen and oxygen atoms in total. The number of hydrogen-bond donors (Lipinski definition) is 0. The Hall–Kier alpha value is -0.240. The summed E-state index contributed by atoms with van der Waals surface area (Å²) >= 11 is 5.38. The van der Waals surface area contributed by atoms with Gasteiger partial charge >= 0.3 is 5.97 Å². The minimum atomic E-state index is -0.389. The zero-order valence-electron chi connectivity index (χ0n) is 3.85. The number of esters is 1. The fourth-order valence-corrected chi connectivity index (χ4v) is 0.530. The second-order valence-electron chi connectivity index (χ2n) is 1.54. The first-order chi connectivity index (χ1) is 3.22. The first-order valence-corrected chi connectivity index (χ1v) is 2.50. The predicted molar refractivity (Wildman–Crippen MR) is 25.2 cm³/mol. The summed E-state index contributed by atoms with van der Waals surface area (Å²) in [5.74, 6) is -0.297. The number of hydrogen-bond acceptors (Lipinski definition) is 2. The monoisotopic (exact) mass is 120 g/mol. The molecule has 0 aromatic rings. The molecule has 2 unspecified atom stereocenters. The van der Waals surface area contributed by atoms with Crippen LogP contribution < -0.4 is 0 Å². The van der Waals surface area contributed by atoms with Crippen LogP contribution in [-0.2, 0) is 9.53 Å². The molecular weight excluding hydrogens is 115 g/mol. The summed E-state index contributed by atoms with van der Waals surface area (Å²) in [7, 11) is 0. The molecule has 1 heterocycles. The summed E-state index contributed by atoms with van der Waals surface area (Å²) in [5.41, 5.74) is 0. The van der Waals surface area contributed by atoms with E-state index >= 15 is 0 Å². The minimum Gasteiger partial charge on any atom is -0.459 e. The van der Waals surface area contributed by atoms with Crippen molar-refractivity contribution in [3.63, 3.8) is 0 Å². The minimum absolute atomic E-state index is 0.0748. The van der Waals surface area contributed by atoms with Crippen LogP contribution in [0.3, 0.4) is 0 Å². The zero-order chi connectivity index (χ0) is 5.44. The largest absolute Gasteiger partial charge is 0.459 e. The van der Waals surface area contributed by atoms with Gasteiger partial charge in [-0.05, 0) is 6.92 Å². The molecule has 2 atom stereocenters. The van der Waals surface area contributed by atoms with E-state index in [2.05, 4.69) is 4.74 Å². The van der Waals surface area contributed by atoms with Crippen molar-refractivity contribution in [2.45, 2.75) is 18.4 Å². The van der Waals surface area contributed by atoms with E-state index in [1.807, 2.05) is 0 Å². The van der Waals surface area contributed by atoms with Gasteiger partial charge in [0, 0.05) is 0 Å². The molecule has 7 heavy (non-hydrogen) atoms. The molecule has 0 amide bonds. The Bertz CT molecular complexity index is 102. The van der Waals surface area contributed by atoms with Gasteiger partial charge in [0.15, 0.2) is 5.38 Å².